The third-order valence-corrected chi connectivity index (χ3v) is 3.77. The van der Waals surface area contributed by atoms with Crippen molar-refractivity contribution < 1.29 is 0 Å². The molecule has 0 fully saturated rings. The number of hydrogen-bond acceptors (Lipinski definition) is 4. The lowest BCUT2D eigenvalue weighted by Crippen LogP contribution is -1.95. The maximum absolute atomic E-state index is 5.82. The zero-order valence-corrected chi connectivity index (χ0v) is 9.97. The first kappa shape index (κ1) is 9.96. The van der Waals surface area contributed by atoms with Crippen LogP contribution in [-0.4, -0.2) is 4.98 Å². The fourth-order valence-corrected chi connectivity index (χ4v) is 2.73. The molecule has 2 nitrogen and oxygen atoms in total. The molecule has 2 aromatic rings. The van der Waals surface area contributed by atoms with Gasteiger partial charge >= 0.3 is 0 Å². The first-order valence-corrected chi connectivity index (χ1v) is 6.15. The van der Waals surface area contributed by atoms with E-state index in [2.05, 4.69) is 10.3 Å². The van der Waals surface area contributed by atoms with Crippen molar-refractivity contribution in [3.63, 3.8) is 0 Å². The zero-order chi connectivity index (χ0) is 9.97. The summed E-state index contributed by atoms with van der Waals surface area (Å²) in [5, 5.41) is 4.22. The second kappa shape index (κ2) is 4.29. The van der Waals surface area contributed by atoms with Crippen LogP contribution in [0.4, 0.5) is 5.13 Å². The van der Waals surface area contributed by atoms with Gasteiger partial charge in [0.2, 0.25) is 0 Å². The minimum atomic E-state index is 0.796. The van der Waals surface area contributed by atoms with E-state index < -0.39 is 0 Å². The molecule has 0 saturated heterocycles. The van der Waals surface area contributed by atoms with Gasteiger partial charge in [0.05, 0.1) is 10.9 Å². The van der Waals surface area contributed by atoms with E-state index in [0.29, 0.717) is 0 Å². The molecule has 0 unspecified atom stereocenters. The molecule has 0 aliphatic carbocycles. The maximum atomic E-state index is 5.82. The van der Waals surface area contributed by atoms with Crippen molar-refractivity contribution in [2.24, 2.45) is 0 Å². The van der Waals surface area contributed by atoms with Crippen molar-refractivity contribution in [3.05, 3.63) is 32.4 Å². The summed E-state index contributed by atoms with van der Waals surface area (Å²) in [5.74, 6) is 0. The number of thiazole rings is 1. The van der Waals surface area contributed by atoms with Crippen LogP contribution in [0.2, 0.25) is 4.34 Å². The van der Waals surface area contributed by atoms with Gasteiger partial charge < -0.3 is 5.32 Å². The highest BCUT2D eigenvalue weighted by atomic mass is 35.5. The topological polar surface area (TPSA) is 24.9 Å². The molecule has 74 valence electrons. The lowest BCUT2D eigenvalue weighted by molar-refractivity contribution is 1.17. The molecule has 0 saturated carbocycles. The lowest BCUT2D eigenvalue weighted by Gasteiger charge is -1.98. The molecule has 0 aliphatic rings. The van der Waals surface area contributed by atoms with Crippen LogP contribution >= 0.6 is 34.3 Å². The molecule has 0 atom stereocenters. The minimum Gasteiger partial charge on any atom is -0.357 e. The monoisotopic (exact) mass is 244 g/mol. The van der Waals surface area contributed by atoms with E-state index in [1.807, 2.05) is 25.3 Å². The van der Waals surface area contributed by atoms with E-state index in [4.69, 9.17) is 11.6 Å². The molecule has 1 N–H and O–H groups in total. The predicted molar refractivity (Wildman–Crippen MR) is 63.5 cm³/mol. The van der Waals surface area contributed by atoms with E-state index >= 15 is 0 Å². The van der Waals surface area contributed by atoms with Gasteiger partial charge in [-0.25, -0.2) is 4.98 Å². The van der Waals surface area contributed by atoms with Gasteiger partial charge in [-0.15, -0.1) is 22.7 Å². The highest BCUT2D eigenvalue weighted by Crippen LogP contribution is 2.23. The van der Waals surface area contributed by atoms with Gasteiger partial charge in [-0.3, -0.25) is 0 Å². The van der Waals surface area contributed by atoms with Crippen LogP contribution < -0.4 is 5.32 Å². The summed E-state index contributed by atoms with van der Waals surface area (Å²) in [6.45, 7) is 2.84. The Morgan fingerprint density at radius 2 is 2.29 bits per heavy atom. The molecule has 0 aliphatic heterocycles. The third kappa shape index (κ3) is 2.47. The quantitative estimate of drug-likeness (QED) is 0.889. The Morgan fingerprint density at radius 3 is 2.86 bits per heavy atom. The number of aryl methyl sites for hydroxylation is 1. The smallest absolute Gasteiger partial charge is 0.183 e. The Kier molecular flexibility index (Phi) is 3.05. The van der Waals surface area contributed by atoms with Crippen LogP contribution in [0.1, 0.15) is 9.75 Å². The fourth-order valence-electron chi connectivity index (χ4n) is 1.05. The first-order valence-electron chi connectivity index (χ1n) is 4.14. The number of thiophene rings is 1. The van der Waals surface area contributed by atoms with Crippen LogP contribution in [0.3, 0.4) is 0 Å². The molecule has 0 spiro atoms. The van der Waals surface area contributed by atoms with E-state index in [-0.39, 0.29) is 0 Å². The average molecular weight is 245 g/mol. The summed E-state index contributed by atoms with van der Waals surface area (Å²) in [6.07, 6.45) is 1.87. The summed E-state index contributed by atoms with van der Waals surface area (Å²) < 4.78 is 0.831. The van der Waals surface area contributed by atoms with Gasteiger partial charge in [-0.05, 0) is 19.1 Å². The van der Waals surface area contributed by atoms with Crippen molar-refractivity contribution in [2.75, 3.05) is 5.32 Å². The molecule has 2 heterocycles. The number of hydrogen-bond donors (Lipinski definition) is 1. The van der Waals surface area contributed by atoms with Gasteiger partial charge in [0.1, 0.15) is 0 Å². The van der Waals surface area contributed by atoms with Crippen LogP contribution in [0.5, 0.6) is 0 Å². The van der Waals surface area contributed by atoms with Gasteiger partial charge in [0.15, 0.2) is 5.13 Å². The fraction of sp³-hybridized carbons (Fsp3) is 0.222. The largest absolute Gasteiger partial charge is 0.357 e. The number of nitrogens with zero attached hydrogens (tertiary/aromatic N) is 1. The van der Waals surface area contributed by atoms with Crippen molar-refractivity contribution in [1.29, 1.82) is 0 Å². The van der Waals surface area contributed by atoms with Crippen LogP contribution in [0, 0.1) is 6.92 Å². The van der Waals surface area contributed by atoms with Crippen molar-refractivity contribution in [2.45, 2.75) is 13.5 Å². The van der Waals surface area contributed by atoms with Crippen LogP contribution in [-0.2, 0) is 6.54 Å². The Morgan fingerprint density at radius 1 is 1.43 bits per heavy atom. The highest BCUT2D eigenvalue weighted by molar-refractivity contribution is 7.16. The van der Waals surface area contributed by atoms with Crippen molar-refractivity contribution in [1.82, 2.24) is 4.98 Å². The van der Waals surface area contributed by atoms with Gasteiger partial charge in [-0.1, -0.05) is 11.6 Å². The van der Waals surface area contributed by atoms with Gasteiger partial charge in [0.25, 0.3) is 0 Å². The second-order valence-electron chi connectivity index (χ2n) is 2.84. The van der Waals surface area contributed by atoms with Crippen molar-refractivity contribution in [3.8, 4) is 0 Å². The zero-order valence-electron chi connectivity index (χ0n) is 7.58. The summed E-state index contributed by atoms with van der Waals surface area (Å²) in [5.41, 5.74) is 0. The summed E-state index contributed by atoms with van der Waals surface area (Å²) >= 11 is 9.08. The van der Waals surface area contributed by atoms with E-state index in [1.165, 1.54) is 9.75 Å². The number of anilines is 1. The van der Waals surface area contributed by atoms with Crippen molar-refractivity contribution >= 4 is 39.4 Å². The molecule has 0 bridgehead atoms. The molecule has 2 rings (SSSR count). The van der Waals surface area contributed by atoms with E-state index in [9.17, 15) is 0 Å². The molecule has 0 aromatic carbocycles. The first-order chi connectivity index (χ1) is 6.74. The normalized spacial score (nSPS) is 10.4. The second-order valence-corrected chi connectivity index (χ2v) is 5.87. The van der Waals surface area contributed by atoms with Gasteiger partial charge in [0, 0.05) is 16.0 Å². The number of rotatable bonds is 3. The highest BCUT2D eigenvalue weighted by Gasteiger charge is 2.00. The molecule has 2 aromatic heterocycles. The Balaban J connectivity index is 1.94. The van der Waals surface area contributed by atoms with E-state index in [1.54, 1.807) is 22.7 Å². The number of halogens is 1. The average Bonchev–Trinajstić information content (AvgIpc) is 2.72. The molecular formula is C9H9ClN2S2. The summed E-state index contributed by atoms with van der Waals surface area (Å²) in [4.78, 5) is 6.66. The maximum Gasteiger partial charge on any atom is 0.183 e. The SMILES string of the molecule is Cc1cnc(NCc2ccc(Cl)s2)s1. The standard InChI is InChI=1S/C9H9ClN2S2/c1-6-4-11-9(13-6)12-5-7-2-3-8(10)14-7/h2-4H,5H2,1H3,(H,11,12). The Bertz CT molecular complexity index is 382. The van der Waals surface area contributed by atoms with E-state index in [0.717, 1.165) is 16.0 Å². The van der Waals surface area contributed by atoms with Crippen LogP contribution in [0.25, 0.3) is 0 Å². The third-order valence-electron chi connectivity index (χ3n) is 1.66. The minimum absolute atomic E-state index is 0.796. The van der Waals surface area contributed by atoms with Crippen LogP contribution in [0.15, 0.2) is 18.3 Å². The Hall–Kier alpha value is -0.580. The Labute approximate surface area is 95.6 Å². The molecular weight excluding hydrogens is 236 g/mol. The number of aromatic nitrogens is 1. The molecule has 5 heteroatoms. The molecule has 0 amide bonds. The lowest BCUT2D eigenvalue weighted by atomic mass is 10.5. The molecule has 14 heavy (non-hydrogen) atoms. The predicted octanol–water partition coefficient (Wildman–Crippen LogP) is 3.78. The van der Waals surface area contributed by atoms with Gasteiger partial charge in [-0.2, -0.15) is 0 Å². The summed E-state index contributed by atoms with van der Waals surface area (Å²) in [6, 6.07) is 3.94. The summed E-state index contributed by atoms with van der Waals surface area (Å²) in [7, 11) is 0. The molecule has 0 radical (unpaired) electrons. The number of nitrogens with one attached hydrogen (secondary N) is 1.